The SMILES string of the molecule is CC(C)(C)OC(=O)Nc1cc(CC2(CO)CC2)ccc1O. The smallest absolute Gasteiger partial charge is 0.412 e. The lowest BCUT2D eigenvalue weighted by atomic mass is 9.97. The zero-order chi connectivity index (χ0) is 15.7. The van der Waals surface area contributed by atoms with Crippen molar-refractivity contribution in [2.45, 2.75) is 45.6 Å². The molecule has 0 spiro atoms. The van der Waals surface area contributed by atoms with Crippen LogP contribution in [0.2, 0.25) is 0 Å². The lowest BCUT2D eigenvalue weighted by Crippen LogP contribution is -2.27. The van der Waals surface area contributed by atoms with Crippen molar-refractivity contribution in [3.05, 3.63) is 23.8 Å². The van der Waals surface area contributed by atoms with E-state index < -0.39 is 11.7 Å². The number of anilines is 1. The number of carbonyl (C=O) groups excluding carboxylic acids is 1. The molecule has 5 nitrogen and oxygen atoms in total. The average molecular weight is 293 g/mol. The van der Waals surface area contributed by atoms with Crippen LogP contribution >= 0.6 is 0 Å². The van der Waals surface area contributed by atoms with Crippen LogP contribution in [0.25, 0.3) is 0 Å². The fourth-order valence-electron chi connectivity index (χ4n) is 2.21. The Morgan fingerprint density at radius 1 is 1.38 bits per heavy atom. The first-order chi connectivity index (χ1) is 9.73. The molecule has 1 aliphatic rings. The lowest BCUT2D eigenvalue weighted by Gasteiger charge is -2.20. The number of benzene rings is 1. The van der Waals surface area contributed by atoms with Crippen LogP contribution in [-0.2, 0) is 11.2 Å². The highest BCUT2D eigenvalue weighted by atomic mass is 16.6. The van der Waals surface area contributed by atoms with Gasteiger partial charge in [0.2, 0.25) is 0 Å². The molecule has 21 heavy (non-hydrogen) atoms. The number of aromatic hydroxyl groups is 1. The molecule has 0 saturated heterocycles. The van der Waals surface area contributed by atoms with Crippen LogP contribution in [0, 0.1) is 5.41 Å². The van der Waals surface area contributed by atoms with E-state index in [1.165, 1.54) is 0 Å². The number of phenols is 1. The van der Waals surface area contributed by atoms with Gasteiger partial charge in [0.15, 0.2) is 0 Å². The number of phenolic OH excluding ortho intramolecular Hbond substituents is 1. The van der Waals surface area contributed by atoms with Gasteiger partial charge in [-0.05, 0) is 63.1 Å². The van der Waals surface area contributed by atoms with Gasteiger partial charge in [0.05, 0.1) is 5.69 Å². The maximum absolute atomic E-state index is 11.8. The predicted molar refractivity (Wildman–Crippen MR) is 80.4 cm³/mol. The number of rotatable bonds is 4. The van der Waals surface area contributed by atoms with E-state index in [0.29, 0.717) is 5.69 Å². The molecule has 0 aromatic heterocycles. The van der Waals surface area contributed by atoms with E-state index in [2.05, 4.69) is 5.32 Å². The van der Waals surface area contributed by atoms with Crippen LogP contribution in [0.4, 0.5) is 10.5 Å². The zero-order valence-corrected chi connectivity index (χ0v) is 12.8. The molecule has 0 atom stereocenters. The topological polar surface area (TPSA) is 78.8 Å². The van der Waals surface area contributed by atoms with Gasteiger partial charge >= 0.3 is 6.09 Å². The number of hydrogen-bond donors (Lipinski definition) is 3. The van der Waals surface area contributed by atoms with Crippen molar-refractivity contribution in [1.82, 2.24) is 0 Å². The first-order valence-electron chi connectivity index (χ1n) is 7.16. The van der Waals surface area contributed by atoms with E-state index in [-0.39, 0.29) is 17.8 Å². The summed E-state index contributed by atoms with van der Waals surface area (Å²) in [4.78, 5) is 11.8. The predicted octanol–water partition coefficient (Wildman–Crippen LogP) is 3.05. The van der Waals surface area contributed by atoms with Gasteiger partial charge in [-0.15, -0.1) is 0 Å². The van der Waals surface area contributed by atoms with Crippen LogP contribution in [0.15, 0.2) is 18.2 Å². The minimum absolute atomic E-state index is 0.00143. The Morgan fingerprint density at radius 3 is 2.57 bits per heavy atom. The minimum Gasteiger partial charge on any atom is -0.506 e. The molecule has 1 aromatic carbocycles. The Labute approximate surface area is 124 Å². The molecule has 5 heteroatoms. The van der Waals surface area contributed by atoms with Crippen molar-refractivity contribution in [2.24, 2.45) is 5.41 Å². The third kappa shape index (κ3) is 4.36. The second-order valence-corrected chi connectivity index (χ2v) is 6.81. The molecular weight excluding hydrogens is 270 g/mol. The van der Waals surface area contributed by atoms with Gasteiger partial charge < -0.3 is 14.9 Å². The molecule has 1 saturated carbocycles. The van der Waals surface area contributed by atoms with Crippen LogP contribution in [0.3, 0.4) is 0 Å². The third-order valence-electron chi connectivity index (χ3n) is 3.57. The highest BCUT2D eigenvalue weighted by molar-refractivity contribution is 5.87. The molecule has 0 radical (unpaired) electrons. The second kappa shape index (κ2) is 5.56. The summed E-state index contributed by atoms with van der Waals surface area (Å²) in [5.74, 6) is -0.00143. The fraction of sp³-hybridized carbons (Fsp3) is 0.562. The van der Waals surface area contributed by atoms with Gasteiger partial charge in [-0.25, -0.2) is 4.79 Å². The molecule has 0 bridgehead atoms. The molecule has 0 aliphatic heterocycles. The Balaban J connectivity index is 2.07. The number of aliphatic hydroxyl groups is 1. The van der Waals surface area contributed by atoms with Crippen molar-refractivity contribution >= 4 is 11.8 Å². The number of nitrogens with one attached hydrogen (secondary N) is 1. The minimum atomic E-state index is -0.599. The summed E-state index contributed by atoms with van der Waals surface area (Å²) < 4.78 is 5.17. The Kier molecular flexibility index (Phi) is 4.14. The summed E-state index contributed by atoms with van der Waals surface area (Å²) >= 11 is 0. The van der Waals surface area contributed by atoms with Crippen LogP contribution in [0.1, 0.15) is 39.2 Å². The summed E-state index contributed by atoms with van der Waals surface area (Å²) in [6, 6.07) is 5.09. The number of hydrogen-bond acceptors (Lipinski definition) is 4. The molecule has 1 fully saturated rings. The number of carbonyl (C=O) groups is 1. The average Bonchev–Trinajstić information content (AvgIpc) is 3.11. The van der Waals surface area contributed by atoms with E-state index in [0.717, 1.165) is 24.8 Å². The number of amides is 1. The van der Waals surface area contributed by atoms with Gasteiger partial charge in [-0.3, -0.25) is 5.32 Å². The maximum atomic E-state index is 11.8. The standard InChI is InChI=1S/C16H23NO4/c1-15(2,3)21-14(20)17-12-8-11(4-5-13(12)19)9-16(10-18)6-7-16/h4-5,8,18-19H,6-7,9-10H2,1-3H3,(H,17,20). The maximum Gasteiger partial charge on any atom is 0.412 e. The van der Waals surface area contributed by atoms with E-state index in [9.17, 15) is 15.0 Å². The number of aliphatic hydroxyl groups excluding tert-OH is 1. The van der Waals surface area contributed by atoms with E-state index >= 15 is 0 Å². The summed E-state index contributed by atoms with van der Waals surface area (Å²) in [5.41, 5.74) is 0.702. The largest absolute Gasteiger partial charge is 0.506 e. The molecule has 1 aromatic rings. The highest BCUT2D eigenvalue weighted by Crippen LogP contribution is 2.48. The van der Waals surface area contributed by atoms with Crippen molar-refractivity contribution < 1.29 is 19.7 Å². The summed E-state index contributed by atoms with van der Waals surface area (Å²) in [6.07, 6.45) is 2.17. The zero-order valence-electron chi connectivity index (χ0n) is 12.8. The summed E-state index contributed by atoms with van der Waals surface area (Å²) in [7, 11) is 0. The molecular formula is C16H23NO4. The molecule has 116 valence electrons. The third-order valence-corrected chi connectivity index (χ3v) is 3.57. The van der Waals surface area contributed by atoms with Gasteiger partial charge in [0.25, 0.3) is 0 Å². The fourth-order valence-corrected chi connectivity index (χ4v) is 2.21. The van der Waals surface area contributed by atoms with E-state index in [4.69, 9.17) is 4.74 Å². The molecule has 2 rings (SSSR count). The Morgan fingerprint density at radius 2 is 2.05 bits per heavy atom. The van der Waals surface area contributed by atoms with Crippen molar-refractivity contribution in [3.8, 4) is 5.75 Å². The molecule has 3 N–H and O–H groups in total. The van der Waals surface area contributed by atoms with E-state index in [1.807, 2.05) is 6.07 Å². The number of ether oxygens (including phenoxy) is 1. The molecule has 1 amide bonds. The monoisotopic (exact) mass is 293 g/mol. The molecule has 0 heterocycles. The first-order valence-corrected chi connectivity index (χ1v) is 7.16. The second-order valence-electron chi connectivity index (χ2n) is 6.81. The first kappa shape index (κ1) is 15.6. The van der Waals surface area contributed by atoms with E-state index in [1.54, 1.807) is 32.9 Å². The molecule has 1 aliphatic carbocycles. The van der Waals surface area contributed by atoms with Crippen molar-refractivity contribution in [2.75, 3.05) is 11.9 Å². The van der Waals surface area contributed by atoms with Gasteiger partial charge in [0, 0.05) is 6.61 Å². The normalized spacial score (nSPS) is 16.4. The molecule has 0 unspecified atom stereocenters. The summed E-state index contributed by atoms with van der Waals surface area (Å²) in [6.45, 7) is 5.51. The summed E-state index contributed by atoms with van der Waals surface area (Å²) in [5, 5.41) is 21.8. The van der Waals surface area contributed by atoms with Crippen LogP contribution < -0.4 is 5.32 Å². The Hall–Kier alpha value is -1.75. The van der Waals surface area contributed by atoms with Gasteiger partial charge in [-0.2, -0.15) is 0 Å². The van der Waals surface area contributed by atoms with Gasteiger partial charge in [-0.1, -0.05) is 6.07 Å². The van der Waals surface area contributed by atoms with Crippen LogP contribution in [-0.4, -0.2) is 28.5 Å². The highest BCUT2D eigenvalue weighted by Gasteiger charge is 2.41. The van der Waals surface area contributed by atoms with Crippen molar-refractivity contribution in [1.29, 1.82) is 0 Å². The quantitative estimate of drug-likeness (QED) is 0.745. The van der Waals surface area contributed by atoms with Crippen molar-refractivity contribution in [3.63, 3.8) is 0 Å². The van der Waals surface area contributed by atoms with Gasteiger partial charge in [0.1, 0.15) is 11.4 Å². The van der Waals surface area contributed by atoms with Crippen LogP contribution in [0.5, 0.6) is 5.75 Å². The lowest BCUT2D eigenvalue weighted by molar-refractivity contribution is 0.0635. The Bertz CT molecular complexity index is 530.